The lowest BCUT2D eigenvalue weighted by Gasteiger charge is -2.26. The summed E-state index contributed by atoms with van der Waals surface area (Å²) in [6, 6.07) is -0.143. The van der Waals surface area contributed by atoms with Crippen molar-refractivity contribution in [3.05, 3.63) is 16.1 Å². The number of nitrogens with two attached hydrogens (primary N) is 1. The molecule has 1 saturated heterocycles. The molecular weight excluding hydrogens is 234 g/mol. The van der Waals surface area contributed by atoms with Crippen molar-refractivity contribution in [3.8, 4) is 0 Å². The van der Waals surface area contributed by atoms with Gasteiger partial charge in [-0.3, -0.25) is 4.79 Å². The van der Waals surface area contributed by atoms with Crippen molar-refractivity contribution in [1.29, 1.82) is 0 Å². The van der Waals surface area contributed by atoms with Gasteiger partial charge in [0, 0.05) is 30.1 Å². The van der Waals surface area contributed by atoms with E-state index in [9.17, 15) is 4.79 Å². The van der Waals surface area contributed by atoms with E-state index in [-0.39, 0.29) is 18.0 Å². The zero-order valence-electron chi connectivity index (χ0n) is 10.5. The zero-order valence-corrected chi connectivity index (χ0v) is 11.3. The fraction of sp³-hybridized carbons (Fsp3) is 0.667. The van der Waals surface area contributed by atoms with Crippen LogP contribution in [0.5, 0.6) is 0 Å². The van der Waals surface area contributed by atoms with Crippen LogP contribution in [0, 0.1) is 12.8 Å². The molecule has 94 valence electrons. The Morgan fingerprint density at radius 2 is 2.35 bits per heavy atom. The van der Waals surface area contributed by atoms with Gasteiger partial charge in [-0.1, -0.05) is 13.8 Å². The first kappa shape index (κ1) is 12.5. The average molecular weight is 253 g/mol. The van der Waals surface area contributed by atoms with E-state index < -0.39 is 0 Å². The van der Waals surface area contributed by atoms with Gasteiger partial charge >= 0.3 is 0 Å². The Hall–Kier alpha value is -0.940. The maximum Gasteiger partial charge on any atom is 0.224 e. The van der Waals surface area contributed by atoms with Crippen LogP contribution in [0.1, 0.15) is 37.0 Å². The molecule has 1 aromatic rings. The Bertz CT molecular complexity index is 416. The summed E-state index contributed by atoms with van der Waals surface area (Å²) >= 11 is 1.60. The average Bonchev–Trinajstić information content (AvgIpc) is 2.72. The van der Waals surface area contributed by atoms with Crippen LogP contribution >= 0.6 is 11.3 Å². The summed E-state index contributed by atoms with van der Waals surface area (Å²) in [5.41, 5.74) is 7.08. The van der Waals surface area contributed by atoms with E-state index in [2.05, 4.69) is 18.8 Å². The fourth-order valence-electron chi connectivity index (χ4n) is 2.25. The van der Waals surface area contributed by atoms with Crippen molar-refractivity contribution in [1.82, 2.24) is 9.88 Å². The van der Waals surface area contributed by atoms with Gasteiger partial charge in [0.15, 0.2) is 0 Å². The van der Waals surface area contributed by atoms with E-state index >= 15 is 0 Å². The van der Waals surface area contributed by atoms with Gasteiger partial charge < -0.3 is 10.6 Å². The minimum absolute atomic E-state index is 0.0244. The summed E-state index contributed by atoms with van der Waals surface area (Å²) < 4.78 is 0. The molecule has 4 nitrogen and oxygen atoms in total. The summed E-state index contributed by atoms with van der Waals surface area (Å²) in [6.07, 6.45) is 0.440. The molecule has 1 amide bonds. The van der Waals surface area contributed by atoms with Crippen LogP contribution in [0.2, 0.25) is 0 Å². The van der Waals surface area contributed by atoms with Gasteiger partial charge in [-0.15, -0.1) is 11.3 Å². The number of likely N-dealkylation sites (tertiary alicyclic amines) is 1. The minimum Gasteiger partial charge on any atom is -0.331 e. The molecule has 2 unspecified atom stereocenters. The van der Waals surface area contributed by atoms with Gasteiger partial charge in [-0.25, -0.2) is 4.98 Å². The lowest BCUT2D eigenvalue weighted by molar-refractivity contribution is -0.129. The summed E-state index contributed by atoms with van der Waals surface area (Å²) in [5.74, 6) is 0.608. The predicted octanol–water partition coefficient (Wildman–Crippen LogP) is 1.71. The van der Waals surface area contributed by atoms with Gasteiger partial charge in [-0.05, 0) is 12.8 Å². The topological polar surface area (TPSA) is 59.2 Å². The lowest BCUT2D eigenvalue weighted by atomic mass is 10.1. The molecule has 0 aliphatic carbocycles. The number of amides is 1. The highest BCUT2D eigenvalue weighted by molar-refractivity contribution is 7.09. The number of aryl methyl sites for hydroxylation is 1. The lowest BCUT2D eigenvalue weighted by Crippen LogP contribution is -2.35. The second-order valence-corrected chi connectivity index (χ2v) is 5.97. The largest absolute Gasteiger partial charge is 0.331 e. The zero-order chi connectivity index (χ0) is 12.6. The first-order valence-corrected chi connectivity index (χ1v) is 6.84. The molecule has 0 saturated carbocycles. The number of carbonyl (C=O) groups excluding carboxylic acids is 1. The predicted molar refractivity (Wildman–Crippen MR) is 68.7 cm³/mol. The van der Waals surface area contributed by atoms with Crippen LogP contribution in [0.4, 0.5) is 0 Å². The van der Waals surface area contributed by atoms with E-state index in [0.29, 0.717) is 12.3 Å². The number of hydrogen-bond acceptors (Lipinski definition) is 4. The molecule has 0 spiro atoms. The third-order valence-corrected chi connectivity index (χ3v) is 3.96. The number of aromatic nitrogens is 1. The third kappa shape index (κ3) is 2.50. The second-order valence-electron chi connectivity index (χ2n) is 5.08. The number of carbonyl (C=O) groups is 1. The molecule has 0 bridgehead atoms. The third-order valence-electron chi connectivity index (χ3n) is 2.92. The molecule has 2 atom stereocenters. The van der Waals surface area contributed by atoms with Crippen LogP contribution in [-0.2, 0) is 4.79 Å². The van der Waals surface area contributed by atoms with E-state index in [0.717, 1.165) is 17.2 Å². The number of hydrogen-bond donors (Lipinski definition) is 1. The maximum atomic E-state index is 11.9. The molecule has 0 radical (unpaired) electrons. The fourth-order valence-corrected chi connectivity index (χ4v) is 3.23. The highest BCUT2D eigenvalue weighted by Gasteiger charge is 2.40. The molecule has 1 aromatic heterocycles. The van der Waals surface area contributed by atoms with Crippen molar-refractivity contribution >= 4 is 17.2 Å². The van der Waals surface area contributed by atoms with Crippen molar-refractivity contribution in [3.63, 3.8) is 0 Å². The Morgan fingerprint density at radius 1 is 1.65 bits per heavy atom. The molecule has 2 heterocycles. The van der Waals surface area contributed by atoms with Crippen LogP contribution in [0.15, 0.2) is 5.38 Å². The highest BCUT2D eigenvalue weighted by atomic mass is 32.1. The number of thiazole rings is 1. The van der Waals surface area contributed by atoms with E-state index in [1.54, 1.807) is 11.3 Å². The van der Waals surface area contributed by atoms with Crippen LogP contribution in [0.25, 0.3) is 0 Å². The van der Waals surface area contributed by atoms with E-state index in [1.807, 2.05) is 17.2 Å². The SMILES string of the molecule is Cc1csc(C2C(N)CC(=O)N2CC(C)C)n1. The van der Waals surface area contributed by atoms with Gasteiger partial charge in [0.25, 0.3) is 0 Å². The highest BCUT2D eigenvalue weighted by Crippen LogP contribution is 2.34. The monoisotopic (exact) mass is 253 g/mol. The summed E-state index contributed by atoms with van der Waals surface area (Å²) in [6.45, 7) is 6.95. The van der Waals surface area contributed by atoms with Gasteiger partial charge in [0.05, 0.1) is 6.04 Å². The van der Waals surface area contributed by atoms with Gasteiger partial charge in [-0.2, -0.15) is 0 Å². The normalized spacial score (nSPS) is 25.0. The van der Waals surface area contributed by atoms with E-state index in [4.69, 9.17) is 5.73 Å². The Kier molecular flexibility index (Phi) is 3.49. The molecule has 2 rings (SSSR count). The van der Waals surface area contributed by atoms with Crippen molar-refractivity contribution in [2.24, 2.45) is 11.7 Å². The smallest absolute Gasteiger partial charge is 0.224 e. The minimum atomic E-state index is -0.119. The second kappa shape index (κ2) is 4.74. The number of rotatable bonds is 3. The number of nitrogens with zero attached hydrogens (tertiary/aromatic N) is 2. The standard InChI is InChI=1S/C12H19N3OS/c1-7(2)5-15-10(16)4-9(13)11(15)12-14-8(3)6-17-12/h6-7,9,11H,4-5,13H2,1-3H3. The van der Waals surface area contributed by atoms with Crippen molar-refractivity contribution in [2.45, 2.75) is 39.3 Å². The Balaban J connectivity index is 2.25. The Morgan fingerprint density at radius 3 is 2.88 bits per heavy atom. The molecule has 5 heteroatoms. The van der Waals surface area contributed by atoms with Crippen molar-refractivity contribution < 1.29 is 4.79 Å². The first-order valence-electron chi connectivity index (χ1n) is 5.96. The molecule has 0 aromatic carbocycles. The first-order chi connectivity index (χ1) is 7.99. The van der Waals surface area contributed by atoms with Crippen molar-refractivity contribution in [2.75, 3.05) is 6.54 Å². The van der Waals surface area contributed by atoms with E-state index in [1.165, 1.54) is 0 Å². The Labute approximate surface area is 106 Å². The molecule has 17 heavy (non-hydrogen) atoms. The molecule has 1 aliphatic rings. The molecule has 1 fully saturated rings. The van der Waals surface area contributed by atoms with Crippen LogP contribution < -0.4 is 5.73 Å². The summed E-state index contributed by atoms with van der Waals surface area (Å²) in [7, 11) is 0. The van der Waals surface area contributed by atoms with Crippen LogP contribution in [-0.4, -0.2) is 28.4 Å². The molecular formula is C12H19N3OS. The van der Waals surface area contributed by atoms with Gasteiger partial charge in [0.1, 0.15) is 5.01 Å². The van der Waals surface area contributed by atoms with Crippen LogP contribution in [0.3, 0.4) is 0 Å². The molecule has 2 N–H and O–H groups in total. The molecule has 1 aliphatic heterocycles. The maximum absolute atomic E-state index is 11.9. The quantitative estimate of drug-likeness (QED) is 0.892. The summed E-state index contributed by atoms with van der Waals surface area (Å²) in [5, 5.41) is 2.99. The van der Waals surface area contributed by atoms with Gasteiger partial charge in [0.2, 0.25) is 5.91 Å². The summed E-state index contributed by atoms with van der Waals surface area (Å²) in [4.78, 5) is 18.3.